The first-order chi connectivity index (χ1) is 13.3. The third-order valence-electron chi connectivity index (χ3n) is 4.58. The smallest absolute Gasteiger partial charge is 0.252 e. The Morgan fingerprint density at radius 2 is 2.18 bits per heavy atom. The molecule has 0 saturated carbocycles. The Morgan fingerprint density at radius 1 is 1.39 bits per heavy atom. The quantitative estimate of drug-likeness (QED) is 0.673. The molecular formula is C18H20BrFN2O4S2. The number of carbonyl (C=O) groups is 1. The molecule has 28 heavy (non-hydrogen) atoms. The predicted molar refractivity (Wildman–Crippen MR) is 108 cm³/mol. The molecule has 10 heteroatoms. The highest BCUT2D eigenvalue weighted by Crippen LogP contribution is 2.31. The second-order valence-electron chi connectivity index (χ2n) is 6.45. The summed E-state index contributed by atoms with van der Waals surface area (Å²) in [5, 5.41) is 2.78. The molecule has 2 aromatic rings. The molecule has 6 nitrogen and oxygen atoms in total. The summed E-state index contributed by atoms with van der Waals surface area (Å²) >= 11 is 4.43. The Kier molecular flexibility index (Phi) is 6.74. The molecule has 1 fully saturated rings. The summed E-state index contributed by atoms with van der Waals surface area (Å²) in [6, 6.07) is 7.75. The van der Waals surface area contributed by atoms with Gasteiger partial charge in [0, 0.05) is 19.6 Å². The van der Waals surface area contributed by atoms with Gasteiger partial charge >= 0.3 is 0 Å². The van der Waals surface area contributed by atoms with E-state index in [1.54, 1.807) is 18.2 Å². The van der Waals surface area contributed by atoms with E-state index in [2.05, 4.69) is 21.2 Å². The van der Waals surface area contributed by atoms with Gasteiger partial charge in [-0.2, -0.15) is 4.31 Å². The molecule has 1 N–H and O–H groups in total. The first kappa shape index (κ1) is 21.2. The lowest BCUT2D eigenvalue weighted by atomic mass is 9.99. The number of nitrogens with zero attached hydrogens (tertiary/aromatic N) is 1. The standard InChI is InChI=1S/C18H20BrFN2O4S2/c1-26-15-5-4-12(9-14(15)20)10-21-18(23)13-3-2-8-22(11-13)28(24,25)17-7-6-16(19)27-17/h4-7,9,13H,2-3,8,10-11H2,1H3,(H,21,23). The van der Waals surface area contributed by atoms with Crippen LogP contribution in [0.25, 0.3) is 0 Å². The topological polar surface area (TPSA) is 75.7 Å². The highest BCUT2D eigenvalue weighted by Gasteiger charge is 2.34. The van der Waals surface area contributed by atoms with Gasteiger partial charge in [-0.25, -0.2) is 12.8 Å². The van der Waals surface area contributed by atoms with E-state index in [4.69, 9.17) is 4.74 Å². The number of sulfonamides is 1. The summed E-state index contributed by atoms with van der Waals surface area (Å²) < 4.78 is 46.6. The molecule has 1 unspecified atom stereocenters. The maximum Gasteiger partial charge on any atom is 0.252 e. The van der Waals surface area contributed by atoms with E-state index in [0.717, 1.165) is 15.1 Å². The van der Waals surface area contributed by atoms with E-state index in [1.807, 2.05) is 0 Å². The fourth-order valence-electron chi connectivity index (χ4n) is 3.09. The second kappa shape index (κ2) is 8.89. The van der Waals surface area contributed by atoms with E-state index in [-0.39, 0.29) is 29.0 Å². The van der Waals surface area contributed by atoms with Crippen molar-refractivity contribution in [2.24, 2.45) is 5.92 Å². The van der Waals surface area contributed by atoms with Crippen molar-refractivity contribution in [2.75, 3.05) is 20.2 Å². The lowest BCUT2D eigenvalue weighted by Crippen LogP contribution is -2.45. The SMILES string of the molecule is COc1ccc(CNC(=O)C2CCCN(S(=O)(=O)c3ccc(Br)s3)C2)cc1F. The van der Waals surface area contributed by atoms with Gasteiger partial charge in [-0.15, -0.1) is 11.3 Å². The van der Waals surface area contributed by atoms with Crippen LogP contribution in [0.5, 0.6) is 5.75 Å². The van der Waals surface area contributed by atoms with Gasteiger partial charge in [0.15, 0.2) is 11.6 Å². The Balaban J connectivity index is 1.62. The summed E-state index contributed by atoms with van der Waals surface area (Å²) in [5.41, 5.74) is 0.607. The molecular weight excluding hydrogens is 471 g/mol. The molecule has 0 bridgehead atoms. The number of methoxy groups -OCH3 is 1. The van der Waals surface area contributed by atoms with Crippen molar-refractivity contribution in [1.29, 1.82) is 0 Å². The van der Waals surface area contributed by atoms with Crippen molar-refractivity contribution < 1.29 is 22.3 Å². The van der Waals surface area contributed by atoms with Crippen LogP contribution in [-0.2, 0) is 21.4 Å². The number of nitrogens with one attached hydrogen (secondary N) is 1. The van der Waals surface area contributed by atoms with Crippen LogP contribution in [0.3, 0.4) is 0 Å². The molecule has 1 saturated heterocycles. The zero-order chi connectivity index (χ0) is 20.3. The number of amides is 1. The lowest BCUT2D eigenvalue weighted by molar-refractivity contribution is -0.126. The van der Waals surface area contributed by atoms with Crippen molar-refractivity contribution >= 4 is 43.2 Å². The van der Waals surface area contributed by atoms with Gasteiger partial charge in [0.2, 0.25) is 5.91 Å². The number of hydrogen-bond acceptors (Lipinski definition) is 5. The highest BCUT2D eigenvalue weighted by atomic mass is 79.9. The van der Waals surface area contributed by atoms with E-state index in [9.17, 15) is 17.6 Å². The Hall–Kier alpha value is -1.49. The minimum Gasteiger partial charge on any atom is -0.494 e. The molecule has 1 aliphatic heterocycles. The summed E-state index contributed by atoms with van der Waals surface area (Å²) in [6.45, 7) is 0.701. The first-order valence-electron chi connectivity index (χ1n) is 8.67. The number of benzene rings is 1. The predicted octanol–water partition coefficient (Wildman–Crippen LogP) is 3.38. The number of ether oxygens (including phenoxy) is 1. The van der Waals surface area contributed by atoms with Gasteiger partial charge in [-0.1, -0.05) is 6.07 Å². The van der Waals surface area contributed by atoms with Crippen molar-refractivity contribution in [1.82, 2.24) is 9.62 Å². The van der Waals surface area contributed by atoms with Crippen molar-refractivity contribution in [3.63, 3.8) is 0 Å². The third kappa shape index (κ3) is 4.73. The number of rotatable bonds is 6. The highest BCUT2D eigenvalue weighted by molar-refractivity contribution is 9.11. The summed E-state index contributed by atoms with van der Waals surface area (Å²) in [5.74, 6) is -1.02. The summed E-state index contributed by atoms with van der Waals surface area (Å²) in [7, 11) is -2.22. The molecule has 0 radical (unpaired) electrons. The number of piperidine rings is 1. The molecule has 1 amide bonds. The second-order valence-corrected chi connectivity index (χ2v) is 11.1. The van der Waals surface area contributed by atoms with E-state index in [1.165, 1.54) is 23.5 Å². The van der Waals surface area contributed by atoms with Crippen LogP contribution in [0.2, 0.25) is 0 Å². The normalized spacial score (nSPS) is 18.0. The Morgan fingerprint density at radius 3 is 2.82 bits per heavy atom. The van der Waals surface area contributed by atoms with Crippen LogP contribution in [0.4, 0.5) is 4.39 Å². The fourth-order valence-corrected chi connectivity index (χ4v) is 6.78. The van der Waals surface area contributed by atoms with Gasteiger partial charge in [0.05, 0.1) is 16.8 Å². The third-order valence-corrected chi connectivity index (χ3v) is 8.54. The number of halogens is 2. The van der Waals surface area contributed by atoms with Gasteiger partial charge in [-0.05, 0) is 58.6 Å². The fraction of sp³-hybridized carbons (Fsp3) is 0.389. The Labute approximate surface area is 175 Å². The molecule has 0 aliphatic carbocycles. The molecule has 1 aromatic heterocycles. The molecule has 1 aliphatic rings. The minimum absolute atomic E-state index is 0.140. The Bertz CT molecular complexity index is 964. The first-order valence-corrected chi connectivity index (χ1v) is 11.7. The van der Waals surface area contributed by atoms with Crippen LogP contribution < -0.4 is 10.1 Å². The van der Waals surface area contributed by atoms with Crippen molar-refractivity contribution in [2.45, 2.75) is 23.6 Å². The van der Waals surface area contributed by atoms with Gasteiger partial charge in [0.25, 0.3) is 10.0 Å². The molecule has 152 valence electrons. The summed E-state index contributed by atoms with van der Waals surface area (Å²) in [4.78, 5) is 12.5. The van der Waals surface area contributed by atoms with E-state index >= 15 is 0 Å². The average Bonchev–Trinajstić information content (AvgIpc) is 3.13. The van der Waals surface area contributed by atoms with Crippen LogP contribution in [-0.4, -0.2) is 38.8 Å². The van der Waals surface area contributed by atoms with Crippen molar-refractivity contribution in [3.8, 4) is 5.75 Å². The largest absolute Gasteiger partial charge is 0.494 e. The monoisotopic (exact) mass is 490 g/mol. The lowest BCUT2D eigenvalue weighted by Gasteiger charge is -2.30. The molecule has 2 heterocycles. The molecule has 1 aromatic carbocycles. The van der Waals surface area contributed by atoms with Crippen LogP contribution in [0, 0.1) is 11.7 Å². The zero-order valence-corrected chi connectivity index (χ0v) is 18.4. The number of hydrogen-bond donors (Lipinski definition) is 1. The maximum atomic E-state index is 13.8. The van der Waals surface area contributed by atoms with E-state index in [0.29, 0.717) is 24.9 Å². The van der Waals surface area contributed by atoms with E-state index < -0.39 is 21.8 Å². The summed E-state index contributed by atoms with van der Waals surface area (Å²) in [6.07, 6.45) is 1.23. The maximum absolute atomic E-state index is 13.8. The van der Waals surface area contributed by atoms with Gasteiger partial charge in [-0.3, -0.25) is 4.79 Å². The van der Waals surface area contributed by atoms with Crippen molar-refractivity contribution in [3.05, 3.63) is 45.5 Å². The number of thiophene rings is 1. The van der Waals surface area contributed by atoms with Crippen LogP contribution in [0.15, 0.2) is 38.3 Å². The minimum atomic E-state index is -3.61. The van der Waals surface area contributed by atoms with Crippen LogP contribution >= 0.6 is 27.3 Å². The van der Waals surface area contributed by atoms with Gasteiger partial charge in [0.1, 0.15) is 4.21 Å². The molecule has 3 rings (SSSR count). The van der Waals surface area contributed by atoms with Gasteiger partial charge < -0.3 is 10.1 Å². The average molecular weight is 491 g/mol. The van der Waals surface area contributed by atoms with Crippen LogP contribution in [0.1, 0.15) is 18.4 Å². The number of carbonyl (C=O) groups excluding carboxylic acids is 1. The zero-order valence-electron chi connectivity index (χ0n) is 15.2. The molecule has 1 atom stereocenters. The molecule has 0 spiro atoms.